The van der Waals surface area contributed by atoms with Crippen LogP contribution in [0.1, 0.15) is 12.0 Å². The standard InChI is InChI=1S/C14H12/c1-2-3-7-12-9-6-10-13-8-4-5-11-14(12)13/h1,4-6,8-11H,3,7H2. The molecule has 0 nitrogen and oxygen atoms in total. The average molecular weight is 180 g/mol. The minimum atomic E-state index is 0.813. The molecule has 14 heavy (non-hydrogen) atoms. The van der Waals surface area contributed by atoms with E-state index in [1.807, 2.05) is 0 Å². The van der Waals surface area contributed by atoms with Gasteiger partial charge in [0.05, 0.1) is 0 Å². The number of rotatable bonds is 2. The lowest BCUT2D eigenvalue weighted by atomic mass is 10.0. The Morgan fingerprint density at radius 1 is 1.00 bits per heavy atom. The molecule has 0 saturated heterocycles. The summed E-state index contributed by atoms with van der Waals surface area (Å²) < 4.78 is 0. The monoisotopic (exact) mass is 180 g/mol. The molecular weight excluding hydrogens is 168 g/mol. The van der Waals surface area contributed by atoms with Crippen LogP contribution in [0.3, 0.4) is 0 Å². The summed E-state index contributed by atoms with van der Waals surface area (Å²) in [4.78, 5) is 0. The number of fused-ring (bicyclic) bond motifs is 1. The van der Waals surface area contributed by atoms with Crippen LogP contribution in [0.4, 0.5) is 0 Å². The third kappa shape index (κ3) is 1.63. The smallest absolute Gasteiger partial charge is 0.0127 e. The van der Waals surface area contributed by atoms with Crippen molar-refractivity contribution in [1.82, 2.24) is 0 Å². The summed E-state index contributed by atoms with van der Waals surface area (Å²) in [6.45, 7) is 0. The molecule has 0 amide bonds. The second-order valence-corrected chi connectivity index (χ2v) is 3.34. The Bertz CT molecular complexity index is 469. The van der Waals surface area contributed by atoms with Gasteiger partial charge >= 0.3 is 0 Å². The first-order chi connectivity index (χ1) is 6.92. The molecule has 0 aliphatic rings. The number of hydrogen-bond acceptors (Lipinski definition) is 0. The van der Waals surface area contributed by atoms with Crippen LogP contribution in [0.2, 0.25) is 0 Å². The van der Waals surface area contributed by atoms with Crippen LogP contribution in [0.15, 0.2) is 42.5 Å². The van der Waals surface area contributed by atoms with Gasteiger partial charge in [0.15, 0.2) is 0 Å². The van der Waals surface area contributed by atoms with Gasteiger partial charge in [-0.25, -0.2) is 0 Å². The van der Waals surface area contributed by atoms with E-state index in [1.165, 1.54) is 16.3 Å². The lowest BCUT2D eigenvalue weighted by molar-refractivity contribution is 1.04. The van der Waals surface area contributed by atoms with Crippen LogP contribution in [0.5, 0.6) is 0 Å². The first-order valence-electron chi connectivity index (χ1n) is 4.82. The molecular formula is C14H12. The Labute approximate surface area is 84.6 Å². The van der Waals surface area contributed by atoms with Crippen LogP contribution in [-0.4, -0.2) is 0 Å². The molecule has 2 aromatic carbocycles. The van der Waals surface area contributed by atoms with E-state index < -0.39 is 0 Å². The van der Waals surface area contributed by atoms with Gasteiger partial charge in [-0.05, 0) is 22.8 Å². The van der Waals surface area contributed by atoms with Crippen LogP contribution in [0.25, 0.3) is 10.8 Å². The molecule has 0 N–H and O–H groups in total. The molecule has 0 aliphatic heterocycles. The van der Waals surface area contributed by atoms with Crippen molar-refractivity contribution < 1.29 is 0 Å². The van der Waals surface area contributed by atoms with E-state index in [1.54, 1.807) is 0 Å². The van der Waals surface area contributed by atoms with Crippen LogP contribution < -0.4 is 0 Å². The van der Waals surface area contributed by atoms with Crippen molar-refractivity contribution in [3.63, 3.8) is 0 Å². The summed E-state index contributed by atoms with van der Waals surface area (Å²) >= 11 is 0. The number of terminal acetylenes is 1. The summed E-state index contributed by atoms with van der Waals surface area (Å²) in [6.07, 6.45) is 7.05. The molecule has 0 radical (unpaired) electrons. The summed E-state index contributed by atoms with van der Waals surface area (Å²) in [6, 6.07) is 14.8. The first-order valence-corrected chi connectivity index (χ1v) is 4.82. The van der Waals surface area contributed by atoms with Crippen molar-refractivity contribution in [2.75, 3.05) is 0 Å². The number of benzene rings is 2. The summed E-state index contributed by atoms with van der Waals surface area (Å²) in [5, 5.41) is 2.62. The van der Waals surface area contributed by atoms with Gasteiger partial charge in [0.1, 0.15) is 0 Å². The highest BCUT2D eigenvalue weighted by molar-refractivity contribution is 5.85. The molecule has 0 spiro atoms. The fourth-order valence-corrected chi connectivity index (χ4v) is 1.72. The molecule has 2 rings (SSSR count). The first kappa shape index (κ1) is 8.84. The summed E-state index contributed by atoms with van der Waals surface area (Å²) in [5.41, 5.74) is 1.35. The average Bonchev–Trinajstić information content (AvgIpc) is 2.26. The second-order valence-electron chi connectivity index (χ2n) is 3.34. The van der Waals surface area contributed by atoms with Crippen LogP contribution in [0, 0.1) is 12.3 Å². The zero-order chi connectivity index (χ0) is 9.80. The van der Waals surface area contributed by atoms with E-state index in [0.29, 0.717) is 0 Å². The SMILES string of the molecule is C#CCCc1cccc2ccccc12. The Morgan fingerprint density at radius 3 is 2.64 bits per heavy atom. The van der Waals surface area contributed by atoms with E-state index >= 15 is 0 Å². The number of aryl methyl sites for hydroxylation is 1. The number of hydrogen-bond donors (Lipinski definition) is 0. The Balaban J connectivity index is 2.49. The Morgan fingerprint density at radius 2 is 1.79 bits per heavy atom. The van der Waals surface area contributed by atoms with Crippen LogP contribution in [-0.2, 0) is 6.42 Å². The molecule has 0 fully saturated rings. The maximum absolute atomic E-state index is 5.27. The minimum Gasteiger partial charge on any atom is -0.120 e. The molecule has 0 bridgehead atoms. The molecule has 0 saturated carbocycles. The van der Waals surface area contributed by atoms with Gasteiger partial charge in [-0.2, -0.15) is 0 Å². The molecule has 68 valence electrons. The summed E-state index contributed by atoms with van der Waals surface area (Å²) in [7, 11) is 0. The Hall–Kier alpha value is -1.74. The third-order valence-electron chi connectivity index (χ3n) is 2.42. The molecule has 2 aromatic rings. The van der Waals surface area contributed by atoms with Gasteiger partial charge in [0.25, 0.3) is 0 Å². The second kappa shape index (κ2) is 3.98. The molecule has 0 atom stereocenters. The van der Waals surface area contributed by atoms with Gasteiger partial charge in [-0.15, -0.1) is 12.3 Å². The van der Waals surface area contributed by atoms with E-state index in [9.17, 15) is 0 Å². The lowest BCUT2D eigenvalue weighted by Crippen LogP contribution is -1.85. The van der Waals surface area contributed by atoms with Crippen molar-refractivity contribution in [3.8, 4) is 12.3 Å². The topological polar surface area (TPSA) is 0 Å². The maximum atomic E-state index is 5.27. The largest absolute Gasteiger partial charge is 0.120 e. The van der Waals surface area contributed by atoms with Gasteiger partial charge in [0.2, 0.25) is 0 Å². The zero-order valence-corrected chi connectivity index (χ0v) is 8.03. The maximum Gasteiger partial charge on any atom is 0.0127 e. The zero-order valence-electron chi connectivity index (χ0n) is 8.03. The molecule has 0 aromatic heterocycles. The van der Waals surface area contributed by atoms with Crippen molar-refractivity contribution >= 4 is 10.8 Å². The quantitative estimate of drug-likeness (QED) is 0.621. The Kier molecular flexibility index (Phi) is 2.51. The highest BCUT2D eigenvalue weighted by atomic mass is 14.0. The van der Waals surface area contributed by atoms with Crippen molar-refractivity contribution in [2.24, 2.45) is 0 Å². The van der Waals surface area contributed by atoms with E-state index in [0.717, 1.165) is 12.8 Å². The van der Waals surface area contributed by atoms with Crippen LogP contribution >= 0.6 is 0 Å². The summed E-state index contributed by atoms with van der Waals surface area (Å²) in [5.74, 6) is 2.68. The highest BCUT2D eigenvalue weighted by Gasteiger charge is 1.98. The van der Waals surface area contributed by atoms with Gasteiger partial charge in [-0.3, -0.25) is 0 Å². The fraction of sp³-hybridized carbons (Fsp3) is 0.143. The predicted octanol–water partition coefficient (Wildman–Crippen LogP) is 3.41. The van der Waals surface area contributed by atoms with E-state index in [4.69, 9.17) is 6.42 Å². The van der Waals surface area contributed by atoms with Crippen molar-refractivity contribution in [1.29, 1.82) is 0 Å². The van der Waals surface area contributed by atoms with Gasteiger partial charge < -0.3 is 0 Å². The fourth-order valence-electron chi connectivity index (χ4n) is 1.72. The van der Waals surface area contributed by atoms with Crippen molar-refractivity contribution in [3.05, 3.63) is 48.0 Å². The third-order valence-corrected chi connectivity index (χ3v) is 2.42. The van der Waals surface area contributed by atoms with Gasteiger partial charge in [-0.1, -0.05) is 42.5 Å². The lowest BCUT2D eigenvalue weighted by Gasteiger charge is -2.03. The molecule has 0 heterocycles. The van der Waals surface area contributed by atoms with E-state index in [2.05, 4.69) is 48.4 Å². The highest BCUT2D eigenvalue weighted by Crippen LogP contribution is 2.19. The predicted molar refractivity (Wildman–Crippen MR) is 61.1 cm³/mol. The van der Waals surface area contributed by atoms with E-state index in [-0.39, 0.29) is 0 Å². The molecule has 0 aliphatic carbocycles. The normalized spacial score (nSPS) is 9.93. The van der Waals surface area contributed by atoms with Crippen molar-refractivity contribution in [2.45, 2.75) is 12.8 Å². The molecule has 0 heteroatoms. The minimum absolute atomic E-state index is 0.813. The molecule has 0 unspecified atom stereocenters. The van der Waals surface area contributed by atoms with Gasteiger partial charge in [0, 0.05) is 6.42 Å².